The quantitative estimate of drug-likeness (QED) is 0.640. The first-order valence-electron chi connectivity index (χ1n) is 8.04. The first-order valence-corrected chi connectivity index (χ1v) is 8.04. The minimum absolute atomic E-state index is 0.0644. The van der Waals surface area contributed by atoms with Crippen LogP contribution in [0.5, 0.6) is 0 Å². The summed E-state index contributed by atoms with van der Waals surface area (Å²) in [5, 5.41) is 13.8. The van der Waals surface area contributed by atoms with E-state index in [-0.39, 0.29) is 17.6 Å². The van der Waals surface area contributed by atoms with Gasteiger partial charge in [-0.15, -0.1) is 0 Å². The Bertz CT molecular complexity index is 733. The molecule has 0 saturated carbocycles. The monoisotopic (exact) mass is 326 g/mol. The highest BCUT2D eigenvalue weighted by Gasteiger charge is 2.27. The van der Waals surface area contributed by atoms with Gasteiger partial charge in [-0.05, 0) is 6.07 Å². The summed E-state index contributed by atoms with van der Waals surface area (Å²) >= 11 is 0. The summed E-state index contributed by atoms with van der Waals surface area (Å²) in [4.78, 5) is 24.1. The number of nitro benzene ring substituents is 1. The lowest BCUT2D eigenvalue weighted by molar-refractivity contribution is -0.901. The van der Waals surface area contributed by atoms with Crippen LogP contribution in [0.2, 0.25) is 0 Å². The molecule has 0 aromatic heterocycles. The van der Waals surface area contributed by atoms with E-state index in [9.17, 15) is 14.9 Å². The standard InChI is InChI=1S/C18H19N3O3/c22-18(15-7-4-8-17(11-15)21(23)24)19-16-9-10-20(13-16)12-14-5-2-1-3-6-14/h1-8,11,16H,9-10,12-13H2,(H,19,22)/p+1/t16-/m0/s1. The van der Waals surface area contributed by atoms with Crippen LogP contribution in [0.25, 0.3) is 0 Å². The highest BCUT2D eigenvalue weighted by Crippen LogP contribution is 2.13. The zero-order valence-electron chi connectivity index (χ0n) is 13.3. The van der Waals surface area contributed by atoms with Gasteiger partial charge in [-0.2, -0.15) is 0 Å². The fourth-order valence-corrected chi connectivity index (χ4v) is 3.13. The maximum atomic E-state index is 12.3. The Kier molecular flexibility index (Phi) is 4.86. The smallest absolute Gasteiger partial charge is 0.270 e. The number of non-ortho nitro benzene ring substituents is 1. The van der Waals surface area contributed by atoms with Gasteiger partial charge in [0.15, 0.2) is 0 Å². The third-order valence-corrected chi connectivity index (χ3v) is 4.33. The number of nitrogens with one attached hydrogen (secondary N) is 2. The summed E-state index contributed by atoms with van der Waals surface area (Å²) in [7, 11) is 0. The lowest BCUT2D eigenvalue weighted by Crippen LogP contribution is -3.09. The SMILES string of the molecule is O=C(N[C@H]1CC[NH+](Cc2ccccc2)C1)c1cccc([N+](=O)[O-])c1. The number of nitro groups is 1. The fraction of sp³-hybridized carbons (Fsp3) is 0.278. The van der Waals surface area contributed by atoms with Crippen molar-refractivity contribution < 1.29 is 14.6 Å². The molecule has 0 spiro atoms. The van der Waals surface area contributed by atoms with E-state index >= 15 is 0 Å². The third-order valence-electron chi connectivity index (χ3n) is 4.33. The second kappa shape index (κ2) is 7.23. The number of hydrogen-bond donors (Lipinski definition) is 2. The molecule has 1 aliphatic rings. The molecule has 2 aromatic carbocycles. The Labute approximate surface area is 140 Å². The van der Waals surface area contributed by atoms with Gasteiger partial charge in [0.1, 0.15) is 6.54 Å². The zero-order valence-corrected chi connectivity index (χ0v) is 13.3. The van der Waals surface area contributed by atoms with Gasteiger partial charge < -0.3 is 10.2 Å². The lowest BCUT2D eigenvalue weighted by Gasteiger charge is -2.14. The summed E-state index contributed by atoms with van der Waals surface area (Å²) in [5.41, 5.74) is 1.56. The molecule has 2 N–H and O–H groups in total. The van der Waals surface area contributed by atoms with Crippen molar-refractivity contribution in [3.05, 3.63) is 75.8 Å². The molecule has 3 rings (SSSR count). The molecule has 1 unspecified atom stereocenters. The van der Waals surface area contributed by atoms with Gasteiger partial charge in [0.05, 0.1) is 24.1 Å². The van der Waals surface area contributed by atoms with Crippen molar-refractivity contribution in [2.75, 3.05) is 13.1 Å². The van der Waals surface area contributed by atoms with Crippen molar-refractivity contribution in [1.82, 2.24) is 5.32 Å². The Balaban J connectivity index is 1.56. The molecule has 6 nitrogen and oxygen atoms in total. The van der Waals surface area contributed by atoms with Gasteiger partial charge in [-0.1, -0.05) is 36.4 Å². The summed E-state index contributed by atoms with van der Waals surface area (Å²) in [6.45, 7) is 2.83. The van der Waals surface area contributed by atoms with Gasteiger partial charge in [-0.3, -0.25) is 14.9 Å². The molecule has 1 aliphatic heterocycles. The van der Waals surface area contributed by atoms with E-state index in [4.69, 9.17) is 0 Å². The number of carbonyl (C=O) groups excluding carboxylic acids is 1. The van der Waals surface area contributed by atoms with Crippen LogP contribution in [0.4, 0.5) is 5.69 Å². The molecule has 1 amide bonds. The predicted molar refractivity (Wildman–Crippen MR) is 89.8 cm³/mol. The van der Waals surface area contributed by atoms with Crippen LogP contribution in [-0.4, -0.2) is 30.0 Å². The van der Waals surface area contributed by atoms with Crippen LogP contribution in [0.15, 0.2) is 54.6 Å². The van der Waals surface area contributed by atoms with E-state index in [0.29, 0.717) is 5.56 Å². The van der Waals surface area contributed by atoms with Crippen LogP contribution in [0.1, 0.15) is 22.3 Å². The van der Waals surface area contributed by atoms with E-state index in [1.54, 1.807) is 6.07 Å². The number of quaternary nitrogens is 1. The summed E-state index contributed by atoms with van der Waals surface area (Å²) in [6.07, 6.45) is 0.919. The van der Waals surface area contributed by atoms with E-state index in [2.05, 4.69) is 17.4 Å². The molecule has 1 heterocycles. The molecule has 124 valence electrons. The van der Waals surface area contributed by atoms with Crippen LogP contribution >= 0.6 is 0 Å². The molecule has 1 fully saturated rings. The number of likely N-dealkylation sites (tertiary alicyclic amines) is 1. The second-order valence-electron chi connectivity index (χ2n) is 6.13. The molecule has 0 radical (unpaired) electrons. The number of rotatable bonds is 5. The zero-order chi connectivity index (χ0) is 16.9. The Morgan fingerprint density at radius 1 is 1.21 bits per heavy atom. The minimum Gasteiger partial charge on any atom is -0.343 e. The summed E-state index contributed by atoms with van der Waals surface area (Å²) in [6, 6.07) is 16.3. The number of amides is 1. The lowest BCUT2D eigenvalue weighted by atomic mass is 10.1. The highest BCUT2D eigenvalue weighted by atomic mass is 16.6. The van der Waals surface area contributed by atoms with Gasteiger partial charge in [0.2, 0.25) is 0 Å². The van der Waals surface area contributed by atoms with Crippen LogP contribution < -0.4 is 10.2 Å². The topological polar surface area (TPSA) is 76.7 Å². The van der Waals surface area contributed by atoms with Gasteiger partial charge in [-0.25, -0.2) is 0 Å². The third kappa shape index (κ3) is 3.97. The van der Waals surface area contributed by atoms with Crippen LogP contribution in [-0.2, 0) is 6.54 Å². The van der Waals surface area contributed by atoms with Crippen LogP contribution in [0, 0.1) is 10.1 Å². The van der Waals surface area contributed by atoms with Gasteiger partial charge >= 0.3 is 0 Å². The largest absolute Gasteiger partial charge is 0.343 e. The highest BCUT2D eigenvalue weighted by molar-refractivity contribution is 5.95. The molecule has 24 heavy (non-hydrogen) atoms. The average Bonchev–Trinajstić information content (AvgIpc) is 3.02. The van der Waals surface area contributed by atoms with Crippen molar-refractivity contribution in [2.24, 2.45) is 0 Å². The first kappa shape index (κ1) is 16.1. The second-order valence-corrected chi connectivity index (χ2v) is 6.13. The minimum atomic E-state index is -0.488. The molecular weight excluding hydrogens is 306 g/mol. The van der Waals surface area contributed by atoms with Gasteiger partial charge in [0.25, 0.3) is 11.6 Å². The molecule has 2 atom stereocenters. The predicted octanol–water partition coefficient (Wildman–Crippen LogP) is 1.18. The Morgan fingerprint density at radius 3 is 2.75 bits per heavy atom. The normalized spacial score (nSPS) is 19.8. The van der Waals surface area contributed by atoms with E-state index in [1.165, 1.54) is 28.7 Å². The number of nitrogens with zero attached hydrogens (tertiary/aromatic N) is 1. The Hall–Kier alpha value is -2.73. The number of hydrogen-bond acceptors (Lipinski definition) is 3. The molecule has 1 saturated heterocycles. The summed E-state index contributed by atoms with van der Waals surface area (Å²) < 4.78 is 0. The molecule has 0 aliphatic carbocycles. The van der Waals surface area contributed by atoms with Crippen LogP contribution in [0.3, 0.4) is 0 Å². The van der Waals surface area contributed by atoms with E-state index < -0.39 is 4.92 Å². The first-order chi connectivity index (χ1) is 11.6. The molecule has 2 aromatic rings. The average molecular weight is 326 g/mol. The van der Waals surface area contributed by atoms with Crippen molar-refractivity contribution in [3.8, 4) is 0 Å². The van der Waals surface area contributed by atoms with Crippen molar-refractivity contribution in [2.45, 2.75) is 19.0 Å². The van der Waals surface area contributed by atoms with Crippen molar-refractivity contribution >= 4 is 11.6 Å². The maximum absolute atomic E-state index is 12.3. The van der Waals surface area contributed by atoms with Crippen molar-refractivity contribution in [3.63, 3.8) is 0 Å². The fourth-order valence-electron chi connectivity index (χ4n) is 3.13. The number of benzene rings is 2. The molecule has 0 bridgehead atoms. The molecular formula is C18H20N3O3+. The number of carbonyl (C=O) groups is 1. The van der Waals surface area contributed by atoms with E-state index in [0.717, 1.165) is 26.1 Å². The maximum Gasteiger partial charge on any atom is 0.270 e. The summed E-state index contributed by atoms with van der Waals surface area (Å²) in [5.74, 6) is -0.246. The molecule has 6 heteroatoms. The van der Waals surface area contributed by atoms with Gasteiger partial charge in [0, 0.05) is 29.7 Å². The Morgan fingerprint density at radius 2 is 2.00 bits per heavy atom. The van der Waals surface area contributed by atoms with Crippen molar-refractivity contribution in [1.29, 1.82) is 0 Å². The van der Waals surface area contributed by atoms with E-state index in [1.807, 2.05) is 18.2 Å².